The molecule has 1 heterocycles. The second-order valence-electron chi connectivity index (χ2n) is 5.82. The first-order chi connectivity index (χ1) is 12.4. The first-order valence-corrected chi connectivity index (χ1v) is 10.3. The Balaban J connectivity index is 1.52. The van der Waals surface area contributed by atoms with Crippen LogP contribution in [0, 0.1) is 6.92 Å². The lowest BCUT2D eigenvalue weighted by molar-refractivity contribution is 0.312. The van der Waals surface area contributed by atoms with E-state index in [0.717, 1.165) is 21.4 Å². The molecule has 3 rings (SSSR count). The van der Waals surface area contributed by atoms with Crippen LogP contribution in [-0.2, 0) is 20.7 Å². The molecule has 0 fully saturated rings. The van der Waals surface area contributed by atoms with E-state index in [1.54, 1.807) is 28.9 Å². The summed E-state index contributed by atoms with van der Waals surface area (Å²) in [6.45, 7) is 2.00. The van der Waals surface area contributed by atoms with E-state index in [-0.39, 0.29) is 11.5 Å². The molecule has 6 nitrogen and oxygen atoms in total. The van der Waals surface area contributed by atoms with Gasteiger partial charge in [-0.15, -0.1) is 5.10 Å². The predicted molar refractivity (Wildman–Crippen MR) is 102 cm³/mol. The maximum atomic E-state index is 12.1. The molecular formula is C18H18BrN3O3S. The van der Waals surface area contributed by atoms with Crippen LogP contribution in [0.3, 0.4) is 0 Å². The topological polar surface area (TPSA) is 74.1 Å². The van der Waals surface area contributed by atoms with Crippen LogP contribution in [0.4, 0.5) is 0 Å². The molecule has 3 aromatic rings. The summed E-state index contributed by atoms with van der Waals surface area (Å²) in [4.78, 5) is 0.171. The van der Waals surface area contributed by atoms with Crippen molar-refractivity contribution in [3.8, 4) is 5.69 Å². The molecule has 0 aliphatic heterocycles. The highest BCUT2D eigenvalue weighted by Gasteiger charge is 2.14. The van der Waals surface area contributed by atoms with Crippen LogP contribution in [0.5, 0.6) is 0 Å². The summed E-state index contributed by atoms with van der Waals surface area (Å²) in [5.74, 6) is 0. The van der Waals surface area contributed by atoms with Gasteiger partial charge in [-0.05, 0) is 56.2 Å². The average molecular weight is 436 g/mol. The highest BCUT2D eigenvalue weighted by molar-refractivity contribution is 9.10. The van der Waals surface area contributed by atoms with Gasteiger partial charge in [0.1, 0.15) is 0 Å². The van der Waals surface area contributed by atoms with Gasteiger partial charge in [0.25, 0.3) is 10.1 Å². The molecule has 26 heavy (non-hydrogen) atoms. The van der Waals surface area contributed by atoms with Crippen LogP contribution in [0.1, 0.15) is 17.7 Å². The van der Waals surface area contributed by atoms with Crippen molar-refractivity contribution >= 4 is 26.0 Å². The Morgan fingerprint density at radius 2 is 1.77 bits per heavy atom. The molecule has 0 bridgehead atoms. The Morgan fingerprint density at radius 1 is 1.08 bits per heavy atom. The Hall–Kier alpha value is -2.03. The lowest BCUT2D eigenvalue weighted by Gasteiger charge is -2.05. The van der Waals surface area contributed by atoms with Crippen molar-refractivity contribution in [2.45, 2.75) is 24.7 Å². The second-order valence-corrected chi connectivity index (χ2v) is 8.35. The van der Waals surface area contributed by atoms with Gasteiger partial charge < -0.3 is 0 Å². The third-order valence-corrected chi connectivity index (χ3v) is 5.61. The fraction of sp³-hybridized carbons (Fsp3) is 0.222. The van der Waals surface area contributed by atoms with Crippen molar-refractivity contribution in [3.63, 3.8) is 0 Å². The molecule has 8 heteroatoms. The molecule has 0 spiro atoms. The largest absolute Gasteiger partial charge is 0.296 e. The van der Waals surface area contributed by atoms with Gasteiger partial charge in [-0.25, -0.2) is 4.68 Å². The number of aryl methyl sites for hydroxylation is 2. The standard InChI is InChI=1S/C18H18BrN3O3S/c1-14-4-10-18(11-5-14)26(23,24)25-12-2-3-16-13-22(21-20-16)17-8-6-15(19)7-9-17/h4-11,13H,2-3,12H2,1H3. The minimum atomic E-state index is -3.72. The number of aromatic nitrogens is 3. The Labute approximate surface area is 161 Å². The zero-order valence-corrected chi connectivity index (χ0v) is 16.6. The Morgan fingerprint density at radius 3 is 2.46 bits per heavy atom. The van der Waals surface area contributed by atoms with E-state index in [1.807, 2.05) is 37.4 Å². The van der Waals surface area contributed by atoms with Gasteiger partial charge >= 0.3 is 0 Å². The third-order valence-electron chi connectivity index (χ3n) is 3.76. The van der Waals surface area contributed by atoms with Crippen molar-refractivity contribution in [2.75, 3.05) is 6.61 Å². The summed E-state index contributed by atoms with van der Waals surface area (Å²) in [7, 11) is -3.72. The molecule has 0 radical (unpaired) electrons. The van der Waals surface area contributed by atoms with Gasteiger partial charge in [0.15, 0.2) is 0 Å². The normalized spacial score (nSPS) is 11.6. The summed E-state index contributed by atoms with van der Waals surface area (Å²) in [5.41, 5.74) is 2.69. The molecule has 1 aromatic heterocycles. The van der Waals surface area contributed by atoms with Gasteiger partial charge in [0, 0.05) is 4.47 Å². The van der Waals surface area contributed by atoms with E-state index in [1.165, 1.54) is 0 Å². The molecule has 2 aromatic carbocycles. The molecule has 0 N–H and O–H groups in total. The number of rotatable bonds is 7. The Bertz CT molecular complexity index is 968. The molecule has 136 valence electrons. The fourth-order valence-corrected chi connectivity index (χ4v) is 3.53. The summed E-state index contributed by atoms with van der Waals surface area (Å²) in [6, 6.07) is 14.3. The molecular weight excluding hydrogens is 418 g/mol. The maximum Gasteiger partial charge on any atom is 0.296 e. The van der Waals surface area contributed by atoms with Crippen molar-refractivity contribution < 1.29 is 12.6 Å². The monoisotopic (exact) mass is 435 g/mol. The molecule has 0 atom stereocenters. The second kappa shape index (κ2) is 8.11. The summed E-state index contributed by atoms with van der Waals surface area (Å²) in [6.07, 6.45) is 2.95. The van der Waals surface area contributed by atoms with Crippen LogP contribution < -0.4 is 0 Å². The van der Waals surface area contributed by atoms with Crippen molar-refractivity contribution in [3.05, 3.63) is 70.5 Å². The van der Waals surface area contributed by atoms with E-state index in [0.29, 0.717) is 12.8 Å². The van der Waals surface area contributed by atoms with E-state index in [9.17, 15) is 8.42 Å². The minimum Gasteiger partial charge on any atom is -0.266 e. The van der Waals surface area contributed by atoms with Crippen LogP contribution in [0.25, 0.3) is 5.69 Å². The van der Waals surface area contributed by atoms with Crippen LogP contribution in [0.2, 0.25) is 0 Å². The molecule has 0 amide bonds. The van der Waals surface area contributed by atoms with E-state index >= 15 is 0 Å². The summed E-state index contributed by atoms with van der Waals surface area (Å²) in [5, 5.41) is 8.20. The SMILES string of the molecule is Cc1ccc(S(=O)(=O)OCCCc2cn(-c3ccc(Br)cc3)nn2)cc1. The smallest absolute Gasteiger partial charge is 0.266 e. The molecule has 0 saturated heterocycles. The lowest BCUT2D eigenvalue weighted by Crippen LogP contribution is -2.08. The number of halogens is 1. The van der Waals surface area contributed by atoms with Gasteiger partial charge in [-0.2, -0.15) is 8.42 Å². The van der Waals surface area contributed by atoms with E-state index in [2.05, 4.69) is 26.2 Å². The zero-order chi connectivity index (χ0) is 18.6. The van der Waals surface area contributed by atoms with Gasteiger partial charge in [-0.3, -0.25) is 4.18 Å². The number of benzene rings is 2. The Kier molecular flexibility index (Phi) is 5.85. The van der Waals surface area contributed by atoms with Gasteiger partial charge in [0.2, 0.25) is 0 Å². The maximum absolute atomic E-state index is 12.1. The summed E-state index contributed by atoms with van der Waals surface area (Å²) >= 11 is 3.39. The van der Waals surface area contributed by atoms with Crippen molar-refractivity contribution in [1.82, 2.24) is 15.0 Å². The van der Waals surface area contributed by atoms with Crippen molar-refractivity contribution in [1.29, 1.82) is 0 Å². The highest BCUT2D eigenvalue weighted by Crippen LogP contribution is 2.15. The number of hydrogen-bond acceptors (Lipinski definition) is 5. The number of hydrogen-bond donors (Lipinski definition) is 0. The first kappa shape index (κ1) is 18.8. The fourth-order valence-electron chi connectivity index (χ4n) is 2.33. The summed E-state index contributed by atoms with van der Waals surface area (Å²) < 4.78 is 32.0. The first-order valence-electron chi connectivity index (χ1n) is 8.07. The van der Waals surface area contributed by atoms with Gasteiger partial charge in [-0.1, -0.05) is 38.8 Å². The van der Waals surface area contributed by atoms with Crippen LogP contribution in [-0.4, -0.2) is 30.0 Å². The minimum absolute atomic E-state index is 0.0986. The quantitative estimate of drug-likeness (QED) is 0.417. The average Bonchev–Trinajstić information content (AvgIpc) is 3.09. The van der Waals surface area contributed by atoms with E-state index in [4.69, 9.17) is 4.18 Å². The van der Waals surface area contributed by atoms with Crippen LogP contribution in [0.15, 0.2) is 64.1 Å². The lowest BCUT2D eigenvalue weighted by atomic mass is 10.2. The molecule has 0 aliphatic rings. The number of nitrogens with zero attached hydrogens (tertiary/aromatic N) is 3. The highest BCUT2D eigenvalue weighted by atomic mass is 79.9. The third kappa shape index (κ3) is 4.78. The molecule has 0 saturated carbocycles. The molecule has 0 unspecified atom stereocenters. The van der Waals surface area contributed by atoms with Crippen LogP contribution >= 0.6 is 15.9 Å². The molecule has 0 aliphatic carbocycles. The predicted octanol–water partition coefficient (Wildman–Crippen LogP) is 3.68. The van der Waals surface area contributed by atoms with E-state index < -0.39 is 10.1 Å². The zero-order valence-electron chi connectivity index (χ0n) is 14.2. The van der Waals surface area contributed by atoms with Gasteiger partial charge in [0.05, 0.1) is 29.1 Å². The van der Waals surface area contributed by atoms with Crippen molar-refractivity contribution in [2.24, 2.45) is 0 Å².